The maximum Gasteiger partial charge on any atom is 0.262 e. The van der Waals surface area contributed by atoms with E-state index in [4.69, 9.17) is 44.3 Å². The van der Waals surface area contributed by atoms with Gasteiger partial charge in [-0.05, 0) is 23.8 Å². The molecule has 0 radical (unpaired) electrons. The number of carbonyl (C=O) groups is 1. The molecule has 0 unspecified atom stereocenters. The van der Waals surface area contributed by atoms with Crippen molar-refractivity contribution >= 4 is 46.4 Å². The molecule has 5 nitrogen and oxygen atoms in total. The average molecular weight is 430 g/mol. The number of ether oxygens (including phenoxy) is 2. The minimum atomic E-state index is -0.291. The predicted molar refractivity (Wildman–Crippen MR) is 108 cm³/mol. The zero-order valence-corrected chi connectivity index (χ0v) is 16.8. The molecule has 1 fully saturated rings. The zero-order valence-electron chi connectivity index (χ0n) is 14.5. The number of anilines is 1. The van der Waals surface area contributed by atoms with Crippen LogP contribution in [0.25, 0.3) is 0 Å². The molecule has 3 rings (SSSR count). The van der Waals surface area contributed by atoms with E-state index >= 15 is 0 Å². The fraction of sp³-hybridized carbons (Fsp3) is 0.316. The molecule has 1 aliphatic heterocycles. The average Bonchev–Trinajstić information content (AvgIpc) is 2.65. The molecule has 2 aromatic carbocycles. The van der Waals surface area contributed by atoms with Gasteiger partial charge in [-0.25, -0.2) is 0 Å². The highest BCUT2D eigenvalue weighted by atomic mass is 35.5. The van der Waals surface area contributed by atoms with Gasteiger partial charge >= 0.3 is 0 Å². The molecule has 0 saturated carbocycles. The van der Waals surface area contributed by atoms with E-state index in [1.54, 1.807) is 0 Å². The molecule has 144 valence electrons. The van der Waals surface area contributed by atoms with E-state index in [0.717, 1.165) is 44.1 Å². The maximum absolute atomic E-state index is 12.2. The lowest BCUT2D eigenvalue weighted by molar-refractivity contribution is -0.118. The number of nitrogens with zero attached hydrogens (tertiary/aromatic N) is 1. The molecule has 0 atom stereocenters. The second-order valence-electron chi connectivity index (χ2n) is 6.12. The highest BCUT2D eigenvalue weighted by molar-refractivity contribution is 6.43. The topological polar surface area (TPSA) is 50.8 Å². The van der Waals surface area contributed by atoms with Gasteiger partial charge in [0.05, 0.1) is 28.3 Å². The van der Waals surface area contributed by atoms with Gasteiger partial charge < -0.3 is 14.8 Å². The van der Waals surface area contributed by atoms with E-state index in [2.05, 4.69) is 10.2 Å². The van der Waals surface area contributed by atoms with Crippen LogP contribution in [-0.2, 0) is 16.1 Å². The molecule has 2 aromatic rings. The quantitative estimate of drug-likeness (QED) is 0.687. The molecule has 0 spiro atoms. The lowest BCUT2D eigenvalue weighted by Gasteiger charge is -2.26. The smallest absolute Gasteiger partial charge is 0.262 e. The number of benzene rings is 2. The summed E-state index contributed by atoms with van der Waals surface area (Å²) in [5.74, 6) is 0.0166. The van der Waals surface area contributed by atoms with Crippen molar-refractivity contribution < 1.29 is 14.3 Å². The molecule has 0 aromatic heterocycles. The van der Waals surface area contributed by atoms with Crippen molar-refractivity contribution in [1.82, 2.24) is 4.90 Å². The summed E-state index contributed by atoms with van der Waals surface area (Å²) in [5.41, 5.74) is 1.85. The summed E-state index contributed by atoms with van der Waals surface area (Å²) in [6, 6.07) is 10.7. The van der Waals surface area contributed by atoms with Crippen molar-refractivity contribution in [3.63, 3.8) is 0 Å². The predicted octanol–water partition coefficient (Wildman–Crippen LogP) is 4.50. The van der Waals surface area contributed by atoms with Crippen molar-refractivity contribution in [2.75, 3.05) is 38.2 Å². The van der Waals surface area contributed by atoms with Gasteiger partial charge in [-0.15, -0.1) is 0 Å². The molecule has 27 heavy (non-hydrogen) atoms. The molecule has 1 saturated heterocycles. The molecule has 0 bridgehead atoms. The van der Waals surface area contributed by atoms with Crippen LogP contribution in [0.3, 0.4) is 0 Å². The molecule has 1 aliphatic rings. The minimum Gasteiger partial charge on any atom is -0.482 e. The number of hydrogen-bond acceptors (Lipinski definition) is 4. The Labute approximate surface area is 173 Å². The van der Waals surface area contributed by atoms with Gasteiger partial charge in [0.2, 0.25) is 0 Å². The number of rotatable bonds is 6. The van der Waals surface area contributed by atoms with Gasteiger partial charge in [0.15, 0.2) is 6.61 Å². The Kier molecular flexibility index (Phi) is 7.21. The van der Waals surface area contributed by atoms with E-state index in [1.165, 1.54) is 12.1 Å². The van der Waals surface area contributed by atoms with E-state index in [1.807, 2.05) is 24.3 Å². The monoisotopic (exact) mass is 428 g/mol. The Hall–Kier alpha value is -1.50. The van der Waals surface area contributed by atoms with Gasteiger partial charge in [-0.2, -0.15) is 0 Å². The lowest BCUT2D eigenvalue weighted by atomic mass is 10.2. The summed E-state index contributed by atoms with van der Waals surface area (Å²) >= 11 is 17.9. The van der Waals surface area contributed by atoms with Crippen LogP contribution in [-0.4, -0.2) is 43.7 Å². The summed E-state index contributed by atoms with van der Waals surface area (Å²) in [5, 5.41) is 3.76. The number of hydrogen-bond donors (Lipinski definition) is 1. The highest BCUT2D eigenvalue weighted by Crippen LogP contribution is 2.33. The lowest BCUT2D eigenvalue weighted by Crippen LogP contribution is -2.35. The fourth-order valence-electron chi connectivity index (χ4n) is 2.72. The van der Waals surface area contributed by atoms with E-state index in [-0.39, 0.29) is 12.5 Å². The first-order valence-electron chi connectivity index (χ1n) is 8.47. The molecule has 8 heteroatoms. The van der Waals surface area contributed by atoms with Gasteiger partial charge in [0.1, 0.15) is 5.75 Å². The van der Waals surface area contributed by atoms with E-state index in [9.17, 15) is 4.79 Å². The fourth-order valence-corrected chi connectivity index (χ4v) is 3.31. The summed E-state index contributed by atoms with van der Waals surface area (Å²) in [4.78, 5) is 14.5. The van der Waals surface area contributed by atoms with Crippen LogP contribution in [0.1, 0.15) is 5.56 Å². The standard InChI is InChI=1S/C19H19Cl3N2O3/c20-15-9-17(22)18(10-16(15)21)27-12-19(25)23-14-3-1-2-13(8-14)11-24-4-6-26-7-5-24/h1-3,8-10H,4-7,11-12H2,(H,23,25). The largest absolute Gasteiger partial charge is 0.482 e. The second-order valence-corrected chi connectivity index (χ2v) is 7.34. The van der Waals surface area contributed by atoms with Crippen LogP contribution in [0, 0.1) is 0 Å². The summed E-state index contributed by atoms with van der Waals surface area (Å²) in [6.07, 6.45) is 0. The molecular formula is C19H19Cl3N2O3. The molecular weight excluding hydrogens is 411 g/mol. The van der Waals surface area contributed by atoms with E-state index < -0.39 is 0 Å². The number of halogens is 3. The third-order valence-corrected chi connectivity index (χ3v) is 5.07. The van der Waals surface area contributed by atoms with Crippen LogP contribution >= 0.6 is 34.8 Å². The second kappa shape index (κ2) is 9.62. The third-order valence-electron chi connectivity index (χ3n) is 4.05. The molecule has 1 N–H and O–H groups in total. The Morgan fingerprint density at radius 2 is 1.81 bits per heavy atom. The zero-order chi connectivity index (χ0) is 19.2. The van der Waals surface area contributed by atoms with Crippen molar-refractivity contribution in [3.05, 3.63) is 57.0 Å². The highest BCUT2D eigenvalue weighted by Gasteiger charge is 2.12. The first-order valence-corrected chi connectivity index (χ1v) is 9.61. The van der Waals surface area contributed by atoms with Gasteiger partial charge in [-0.1, -0.05) is 46.9 Å². The van der Waals surface area contributed by atoms with Crippen LogP contribution < -0.4 is 10.1 Å². The molecule has 1 amide bonds. The summed E-state index contributed by atoms with van der Waals surface area (Å²) < 4.78 is 10.8. The van der Waals surface area contributed by atoms with Crippen molar-refractivity contribution in [2.24, 2.45) is 0 Å². The first kappa shape index (κ1) is 20.2. The summed E-state index contributed by atoms with van der Waals surface area (Å²) in [6.45, 7) is 3.97. The van der Waals surface area contributed by atoms with Crippen molar-refractivity contribution in [2.45, 2.75) is 6.54 Å². The maximum atomic E-state index is 12.2. The normalized spacial score (nSPS) is 14.8. The number of nitrogens with one attached hydrogen (secondary N) is 1. The van der Waals surface area contributed by atoms with Gasteiger partial charge in [-0.3, -0.25) is 9.69 Å². The van der Waals surface area contributed by atoms with Crippen LogP contribution in [0.2, 0.25) is 15.1 Å². The Morgan fingerprint density at radius 1 is 1.07 bits per heavy atom. The Balaban J connectivity index is 1.54. The van der Waals surface area contributed by atoms with E-state index in [0.29, 0.717) is 20.8 Å². The van der Waals surface area contributed by atoms with Gasteiger partial charge in [0.25, 0.3) is 5.91 Å². The number of morpholine rings is 1. The SMILES string of the molecule is O=C(COc1cc(Cl)c(Cl)cc1Cl)Nc1cccc(CN2CCOCC2)c1. The Bertz CT molecular complexity index is 811. The molecule has 1 heterocycles. The summed E-state index contributed by atoms with van der Waals surface area (Å²) in [7, 11) is 0. The van der Waals surface area contributed by atoms with Crippen LogP contribution in [0.5, 0.6) is 5.75 Å². The van der Waals surface area contributed by atoms with Crippen molar-refractivity contribution in [3.8, 4) is 5.75 Å². The van der Waals surface area contributed by atoms with Crippen molar-refractivity contribution in [1.29, 1.82) is 0 Å². The number of amides is 1. The van der Waals surface area contributed by atoms with Gasteiger partial charge in [0, 0.05) is 31.4 Å². The minimum absolute atomic E-state index is 0.189. The molecule has 0 aliphatic carbocycles. The third kappa shape index (κ3) is 5.99. The Morgan fingerprint density at radius 3 is 2.59 bits per heavy atom. The van der Waals surface area contributed by atoms with Crippen LogP contribution in [0.4, 0.5) is 5.69 Å². The number of carbonyl (C=O) groups excluding carboxylic acids is 1. The first-order chi connectivity index (χ1) is 13.0. The van der Waals surface area contributed by atoms with Crippen LogP contribution in [0.15, 0.2) is 36.4 Å².